The second-order valence-corrected chi connectivity index (χ2v) is 5.88. The van der Waals surface area contributed by atoms with Gasteiger partial charge in [0.15, 0.2) is 4.90 Å². The molecular weight excluding hydrogens is 260 g/mol. The number of hydrogen-bond donors (Lipinski definition) is 1. The summed E-state index contributed by atoms with van der Waals surface area (Å²) in [4.78, 5) is 22.8. The minimum atomic E-state index is -3.93. The first kappa shape index (κ1) is 14.6. The average Bonchev–Trinajstić information content (AvgIpc) is 2.31. The molecule has 0 aliphatic rings. The van der Waals surface area contributed by atoms with Gasteiger partial charge >= 0.3 is 5.69 Å². The van der Waals surface area contributed by atoms with E-state index in [9.17, 15) is 18.0 Å². The maximum Gasteiger partial charge on any atom is 0.330 e. The number of nitrogens with zero attached hydrogens (tertiary/aromatic N) is 3. The van der Waals surface area contributed by atoms with Crippen LogP contribution in [0.15, 0.2) is 20.7 Å². The summed E-state index contributed by atoms with van der Waals surface area (Å²) in [6, 6.07) is 0. The van der Waals surface area contributed by atoms with Gasteiger partial charge in [-0.3, -0.25) is 9.36 Å². The fraction of sp³-hybridized carbons (Fsp3) is 0.556. The largest absolute Gasteiger partial charge is 0.330 e. The molecule has 1 rings (SSSR count). The van der Waals surface area contributed by atoms with Crippen molar-refractivity contribution in [3.8, 4) is 0 Å². The molecule has 0 spiro atoms. The Kier molecular flexibility index (Phi) is 4.09. The van der Waals surface area contributed by atoms with Crippen molar-refractivity contribution in [2.24, 2.45) is 19.8 Å². The van der Waals surface area contributed by atoms with E-state index in [1.54, 1.807) is 0 Å². The predicted molar refractivity (Wildman–Crippen MR) is 65.8 cm³/mol. The van der Waals surface area contributed by atoms with E-state index in [1.807, 2.05) is 0 Å². The molecule has 0 bridgehead atoms. The maximum absolute atomic E-state index is 12.1. The Morgan fingerprint density at radius 2 is 1.89 bits per heavy atom. The molecule has 1 aromatic rings. The van der Waals surface area contributed by atoms with Gasteiger partial charge in [-0.25, -0.2) is 13.2 Å². The van der Waals surface area contributed by atoms with Crippen LogP contribution in [-0.4, -0.2) is 42.0 Å². The van der Waals surface area contributed by atoms with Crippen molar-refractivity contribution in [3.05, 3.63) is 27.0 Å². The highest BCUT2D eigenvalue weighted by atomic mass is 32.2. The van der Waals surface area contributed by atoms with E-state index in [2.05, 4.69) is 0 Å². The minimum Gasteiger partial charge on any atom is -0.329 e. The second-order valence-electron chi connectivity index (χ2n) is 3.87. The zero-order chi connectivity index (χ0) is 14.1. The number of nitrogens with two attached hydrogens (primary N) is 1. The van der Waals surface area contributed by atoms with Crippen LogP contribution in [0.4, 0.5) is 0 Å². The third-order valence-corrected chi connectivity index (χ3v) is 4.39. The summed E-state index contributed by atoms with van der Waals surface area (Å²) >= 11 is 0. The van der Waals surface area contributed by atoms with Crippen molar-refractivity contribution in [2.45, 2.75) is 4.90 Å². The van der Waals surface area contributed by atoms with Gasteiger partial charge in [0, 0.05) is 40.4 Å². The summed E-state index contributed by atoms with van der Waals surface area (Å²) in [5.41, 5.74) is 3.85. The molecule has 0 aliphatic heterocycles. The first-order valence-corrected chi connectivity index (χ1v) is 6.60. The summed E-state index contributed by atoms with van der Waals surface area (Å²) in [6.45, 7) is 0.232. The lowest BCUT2D eigenvalue weighted by atomic mass is 10.6. The van der Waals surface area contributed by atoms with Gasteiger partial charge in [-0.2, -0.15) is 4.31 Å². The molecule has 0 radical (unpaired) electrons. The summed E-state index contributed by atoms with van der Waals surface area (Å²) in [5.74, 6) is 0. The highest BCUT2D eigenvalue weighted by Crippen LogP contribution is 2.07. The van der Waals surface area contributed by atoms with Crippen LogP contribution in [0.5, 0.6) is 0 Å². The predicted octanol–water partition coefficient (Wildman–Crippen LogP) is -2.34. The highest BCUT2D eigenvalue weighted by Gasteiger charge is 2.25. The quantitative estimate of drug-likeness (QED) is 0.663. The van der Waals surface area contributed by atoms with Gasteiger partial charge in [-0.05, 0) is 0 Å². The standard InChI is InChI=1S/C9H16N4O4S/c1-11-6-7(8(14)13(3)9(11)15)18(16,17)12(2)5-4-10/h6H,4-5,10H2,1-3H3. The fourth-order valence-corrected chi connectivity index (χ4v) is 2.75. The van der Waals surface area contributed by atoms with Gasteiger partial charge in [0.2, 0.25) is 10.0 Å². The molecular formula is C9H16N4O4S. The van der Waals surface area contributed by atoms with E-state index in [1.165, 1.54) is 21.1 Å². The molecule has 1 aromatic heterocycles. The molecule has 0 atom stereocenters. The summed E-state index contributed by atoms with van der Waals surface area (Å²) in [5, 5.41) is 0. The molecule has 9 heteroatoms. The summed E-state index contributed by atoms with van der Waals surface area (Å²) < 4.78 is 27.0. The lowest BCUT2D eigenvalue weighted by molar-refractivity contribution is 0.472. The molecule has 1 heterocycles. The Morgan fingerprint density at radius 1 is 1.33 bits per heavy atom. The Bertz CT molecular complexity index is 658. The zero-order valence-corrected chi connectivity index (χ0v) is 11.3. The molecule has 0 fully saturated rings. The lowest BCUT2D eigenvalue weighted by Gasteiger charge is -2.16. The number of likely N-dealkylation sites (N-methyl/N-ethyl adjacent to an activating group) is 1. The Labute approximate surface area is 104 Å². The Morgan fingerprint density at radius 3 is 2.39 bits per heavy atom. The first-order chi connectivity index (χ1) is 8.23. The molecule has 0 unspecified atom stereocenters. The van der Waals surface area contributed by atoms with E-state index in [0.717, 1.165) is 19.6 Å². The van der Waals surface area contributed by atoms with Crippen LogP contribution in [0.25, 0.3) is 0 Å². The van der Waals surface area contributed by atoms with Crippen molar-refractivity contribution in [1.82, 2.24) is 13.4 Å². The molecule has 18 heavy (non-hydrogen) atoms. The Balaban J connectivity index is 3.53. The molecule has 0 aliphatic carbocycles. The third kappa shape index (κ3) is 2.37. The van der Waals surface area contributed by atoms with Crippen molar-refractivity contribution in [3.63, 3.8) is 0 Å². The molecule has 0 aromatic carbocycles. The van der Waals surface area contributed by atoms with E-state index < -0.39 is 26.2 Å². The molecule has 8 nitrogen and oxygen atoms in total. The van der Waals surface area contributed by atoms with Crippen molar-refractivity contribution >= 4 is 10.0 Å². The van der Waals surface area contributed by atoms with E-state index in [-0.39, 0.29) is 13.1 Å². The smallest absolute Gasteiger partial charge is 0.329 e. The highest BCUT2D eigenvalue weighted by molar-refractivity contribution is 7.89. The normalized spacial score (nSPS) is 12.1. The van der Waals surface area contributed by atoms with Crippen molar-refractivity contribution in [2.75, 3.05) is 20.1 Å². The van der Waals surface area contributed by atoms with E-state index in [0.29, 0.717) is 0 Å². The van der Waals surface area contributed by atoms with Crippen LogP contribution in [0.2, 0.25) is 0 Å². The maximum atomic E-state index is 12.1. The zero-order valence-electron chi connectivity index (χ0n) is 10.5. The monoisotopic (exact) mass is 276 g/mol. The molecule has 2 N–H and O–H groups in total. The third-order valence-electron chi connectivity index (χ3n) is 2.55. The van der Waals surface area contributed by atoms with Crippen LogP contribution >= 0.6 is 0 Å². The number of sulfonamides is 1. The molecule has 102 valence electrons. The Hall–Kier alpha value is -1.45. The van der Waals surface area contributed by atoms with Gasteiger partial charge in [-0.1, -0.05) is 0 Å². The van der Waals surface area contributed by atoms with Crippen LogP contribution in [0.3, 0.4) is 0 Å². The van der Waals surface area contributed by atoms with Gasteiger partial charge in [0.25, 0.3) is 5.56 Å². The lowest BCUT2D eigenvalue weighted by Crippen LogP contribution is -2.42. The number of aryl methyl sites for hydroxylation is 1. The fourth-order valence-electron chi connectivity index (χ4n) is 1.42. The first-order valence-electron chi connectivity index (χ1n) is 5.16. The number of hydrogen-bond acceptors (Lipinski definition) is 5. The SMILES string of the molecule is CN(CCN)S(=O)(=O)c1cn(C)c(=O)n(C)c1=O. The summed E-state index contributed by atoms with van der Waals surface area (Å²) in [7, 11) is 0.000328. The van der Waals surface area contributed by atoms with Gasteiger partial charge in [-0.15, -0.1) is 0 Å². The van der Waals surface area contributed by atoms with E-state index >= 15 is 0 Å². The number of aromatic nitrogens is 2. The van der Waals surface area contributed by atoms with Crippen LogP contribution in [0, 0.1) is 0 Å². The van der Waals surface area contributed by atoms with Crippen molar-refractivity contribution in [1.29, 1.82) is 0 Å². The van der Waals surface area contributed by atoms with Gasteiger partial charge < -0.3 is 10.3 Å². The second kappa shape index (κ2) is 5.04. The average molecular weight is 276 g/mol. The molecule has 0 saturated carbocycles. The topological polar surface area (TPSA) is 107 Å². The summed E-state index contributed by atoms with van der Waals surface area (Å²) in [6.07, 6.45) is 1.02. The van der Waals surface area contributed by atoms with Gasteiger partial charge in [0.05, 0.1) is 0 Å². The minimum absolute atomic E-state index is 0.0916. The number of rotatable bonds is 4. The molecule has 0 saturated heterocycles. The van der Waals surface area contributed by atoms with Gasteiger partial charge in [0.1, 0.15) is 0 Å². The van der Waals surface area contributed by atoms with Crippen molar-refractivity contribution < 1.29 is 8.42 Å². The molecule has 0 amide bonds. The van der Waals surface area contributed by atoms with E-state index in [4.69, 9.17) is 5.73 Å². The van der Waals surface area contributed by atoms with Crippen LogP contribution in [0.1, 0.15) is 0 Å². The van der Waals surface area contributed by atoms with Crippen LogP contribution in [-0.2, 0) is 24.1 Å². The van der Waals surface area contributed by atoms with Crippen LogP contribution < -0.4 is 17.0 Å².